The molecule has 2 aliphatic heterocycles. The first kappa shape index (κ1) is 22.0. The van der Waals surface area contributed by atoms with Crippen molar-refractivity contribution in [3.63, 3.8) is 0 Å². The number of amides is 3. The molecule has 0 bridgehead atoms. The second kappa shape index (κ2) is 8.34. The van der Waals surface area contributed by atoms with Gasteiger partial charge in [0.2, 0.25) is 5.91 Å². The van der Waals surface area contributed by atoms with Gasteiger partial charge >= 0.3 is 0 Å². The van der Waals surface area contributed by atoms with E-state index in [-0.39, 0.29) is 36.6 Å². The van der Waals surface area contributed by atoms with Gasteiger partial charge in [-0.3, -0.25) is 19.3 Å². The van der Waals surface area contributed by atoms with E-state index in [0.717, 1.165) is 22.4 Å². The number of aromatic amines is 1. The molecule has 2 N–H and O–H groups in total. The van der Waals surface area contributed by atoms with Gasteiger partial charge in [0, 0.05) is 35.7 Å². The zero-order valence-electron chi connectivity index (χ0n) is 20.0. The lowest BCUT2D eigenvalue weighted by molar-refractivity contribution is -0.116. The van der Waals surface area contributed by atoms with E-state index in [2.05, 4.69) is 29.1 Å². The number of anilines is 2. The van der Waals surface area contributed by atoms with E-state index in [0.29, 0.717) is 22.5 Å². The van der Waals surface area contributed by atoms with Crippen LogP contribution in [-0.4, -0.2) is 39.1 Å². The van der Waals surface area contributed by atoms with Gasteiger partial charge in [-0.25, -0.2) is 4.98 Å². The molecule has 8 nitrogen and oxygen atoms in total. The van der Waals surface area contributed by atoms with Crippen molar-refractivity contribution in [3.8, 4) is 0 Å². The number of hydrogen-bond acceptors (Lipinski definition) is 4. The number of fused-ring (bicyclic) bond motifs is 6. The first-order chi connectivity index (χ1) is 17.4. The van der Waals surface area contributed by atoms with E-state index in [9.17, 15) is 14.4 Å². The third-order valence-corrected chi connectivity index (χ3v) is 6.79. The van der Waals surface area contributed by atoms with Crippen LogP contribution in [0.5, 0.6) is 0 Å². The summed E-state index contributed by atoms with van der Waals surface area (Å²) in [5, 5.41) is 2.93. The Morgan fingerprint density at radius 1 is 1.00 bits per heavy atom. The van der Waals surface area contributed by atoms with Gasteiger partial charge in [0.25, 0.3) is 11.8 Å². The largest absolute Gasteiger partial charge is 0.342 e. The van der Waals surface area contributed by atoms with Crippen LogP contribution in [0.3, 0.4) is 0 Å². The summed E-state index contributed by atoms with van der Waals surface area (Å²) in [7, 11) is 0. The lowest BCUT2D eigenvalue weighted by Crippen LogP contribution is -2.48. The molecule has 0 saturated heterocycles. The van der Waals surface area contributed by atoms with Crippen molar-refractivity contribution in [2.45, 2.75) is 32.4 Å². The fourth-order valence-corrected chi connectivity index (χ4v) is 5.03. The third-order valence-electron chi connectivity index (χ3n) is 6.79. The minimum Gasteiger partial charge on any atom is -0.342 e. The van der Waals surface area contributed by atoms with E-state index in [4.69, 9.17) is 0 Å². The van der Waals surface area contributed by atoms with Gasteiger partial charge in [-0.1, -0.05) is 44.2 Å². The minimum absolute atomic E-state index is 0.0901. The van der Waals surface area contributed by atoms with Crippen LogP contribution in [0.1, 0.15) is 64.5 Å². The van der Waals surface area contributed by atoms with Crippen LogP contribution >= 0.6 is 0 Å². The molecule has 36 heavy (non-hydrogen) atoms. The highest BCUT2D eigenvalue weighted by Gasteiger charge is 2.47. The zero-order valence-corrected chi connectivity index (χ0v) is 20.0. The molecule has 0 saturated carbocycles. The van der Waals surface area contributed by atoms with E-state index in [1.165, 1.54) is 0 Å². The predicted molar refractivity (Wildman–Crippen MR) is 137 cm³/mol. The number of H-pyrrole nitrogens is 1. The smallest absolute Gasteiger partial charge is 0.260 e. The van der Waals surface area contributed by atoms with Gasteiger partial charge in [-0.15, -0.1) is 0 Å². The van der Waals surface area contributed by atoms with Crippen LogP contribution in [0.4, 0.5) is 11.4 Å². The first-order valence-electron chi connectivity index (χ1n) is 12.0. The Hall–Kier alpha value is -4.46. The maximum atomic E-state index is 13.5. The average Bonchev–Trinajstić information content (AvgIpc) is 3.43. The Morgan fingerprint density at radius 3 is 2.56 bits per heavy atom. The molecule has 1 aromatic heterocycles. The summed E-state index contributed by atoms with van der Waals surface area (Å²) in [6, 6.07) is 20.0. The standard InChI is InChI=1S/C28H25N5O3/c1-16(2)25-30-21-12-11-17(15-22(21)31-25)29-24(34)13-14-32-26-18-7-3-4-8-19(18)28(36)33(26)23-10-6-5-9-20(23)27(32)35/h3-12,15-16,26H,13-14H2,1-2H3,(H,29,34)(H,30,31). The molecular weight excluding hydrogens is 454 g/mol. The van der Waals surface area contributed by atoms with Crippen molar-refractivity contribution >= 4 is 40.1 Å². The SMILES string of the molecule is CC(C)c1nc2ccc(NC(=O)CCN3C(=O)c4ccccc4N4C(=O)c5ccccc5C34)cc2[nH]1. The van der Waals surface area contributed by atoms with E-state index < -0.39 is 6.17 Å². The Bertz CT molecular complexity index is 1540. The van der Waals surface area contributed by atoms with Gasteiger partial charge in [-0.05, 0) is 36.4 Å². The van der Waals surface area contributed by atoms with Gasteiger partial charge in [0.15, 0.2) is 0 Å². The molecule has 3 aromatic carbocycles. The number of aromatic nitrogens is 2. The van der Waals surface area contributed by atoms with Gasteiger partial charge in [0.1, 0.15) is 12.0 Å². The molecule has 8 heteroatoms. The quantitative estimate of drug-likeness (QED) is 0.428. The van der Waals surface area contributed by atoms with Crippen molar-refractivity contribution < 1.29 is 14.4 Å². The second-order valence-corrected chi connectivity index (χ2v) is 9.46. The maximum Gasteiger partial charge on any atom is 0.260 e. The van der Waals surface area contributed by atoms with Gasteiger partial charge in [-0.2, -0.15) is 0 Å². The number of imidazole rings is 1. The number of hydrogen-bond donors (Lipinski definition) is 2. The van der Waals surface area contributed by atoms with Gasteiger partial charge < -0.3 is 15.2 Å². The number of rotatable bonds is 5. The number of nitrogens with one attached hydrogen (secondary N) is 2. The zero-order chi connectivity index (χ0) is 25.0. The van der Waals surface area contributed by atoms with Crippen LogP contribution in [-0.2, 0) is 4.79 Å². The van der Waals surface area contributed by atoms with E-state index in [1.54, 1.807) is 34.1 Å². The first-order valence-corrected chi connectivity index (χ1v) is 12.0. The second-order valence-electron chi connectivity index (χ2n) is 9.46. The van der Waals surface area contributed by atoms with Crippen molar-refractivity contribution in [2.75, 3.05) is 16.8 Å². The number of carbonyl (C=O) groups excluding carboxylic acids is 3. The molecule has 0 spiro atoms. The molecule has 1 unspecified atom stereocenters. The highest BCUT2D eigenvalue weighted by atomic mass is 16.2. The molecule has 2 aliphatic rings. The highest BCUT2D eigenvalue weighted by Crippen LogP contribution is 2.45. The predicted octanol–water partition coefficient (Wildman–Crippen LogP) is 4.83. The highest BCUT2D eigenvalue weighted by molar-refractivity contribution is 6.16. The van der Waals surface area contributed by atoms with Crippen molar-refractivity contribution in [1.82, 2.24) is 14.9 Å². The number of carbonyl (C=O) groups is 3. The maximum absolute atomic E-state index is 13.5. The molecule has 3 amide bonds. The summed E-state index contributed by atoms with van der Waals surface area (Å²) in [5.41, 5.74) is 4.77. The topological polar surface area (TPSA) is 98.4 Å². The summed E-state index contributed by atoms with van der Waals surface area (Å²) in [4.78, 5) is 50.8. The van der Waals surface area contributed by atoms with Crippen LogP contribution in [0.25, 0.3) is 11.0 Å². The molecule has 180 valence electrons. The van der Waals surface area contributed by atoms with E-state index >= 15 is 0 Å². The third kappa shape index (κ3) is 3.45. The van der Waals surface area contributed by atoms with Crippen LogP contribution in [0, 0.1) is 0 Å². The Morgan fingerprint density at radius 2 is 1.75 bits per heavy atom. The fraction of sp³-hybridized carbons (Fsp3) is 0.214. The lowest BCUT2D eigenvalue weighted by atomic mass is 10.0. The summed E-state index contributed by atoms with van der Waals surface area (Å²) >= 11 is 0. The van der Waals surface area contributed by atoms with Gasteiger partial charge in [0.05, 0.1) is 22.3 Å². The summed E-state index contributed by atoms with van der Waals surface area (Å²) < 4.78 is 0. The molecule has 6 rings (SSSR count). The molecule has 3 heterocycles. The summed E-state index contributed by atoms with van der Waals surface area (Å²) in [5.74, 6) is 0.625. The average molecular weight is 480 g/mol. The molecule has 0 aliphatic carbocycles. The fourth-order valence-electron chi connectivity index (χ4n) is 5.03. The minimum atomic E-state index is -0.570. The van der Waals surface area contributed by atoms with Crippen LogP contribution in [0.15, 0.2) is 66.7 Å². The van der Waals surface area contributed by atoms with E-state index in [1.807, 2.05) is 42.5 Å². The normalized spacial score (nSPS) is 16.4. The van der Waals surface area contributed by atoms with Crippen molar-refractivity contribution in [1.29, 1.82) is 0 Å². The molecular formula is C28H25N5O3. The lowest BCUT2D eigenvalue weighted by Gasteiger charge is -2.40. The molecule has 0 radical (unpaired) electrons. The number of benzene rings is 3. The van der Waals surface area contributed by atoms with Crippen molar-refractivity contribution in [2.24, 2.45) is 0 Å². The molecule has 4 aromatic rings. The number of para-hydroxylation sites is 1. The summed E-state index contributed by atoms with van der Waals surface area (Å²) in [6.07, 6.45) is -0.480. The molecule has 1 atom stereocenters. The van der Waals surface area contributed by atoms with Crippen molar-refractivity contribution in [3.05, 3.63) is 89.2 Å². The Labute approximate surface area is 207 Å². The Kier molecular flexibility index (Phi) is 5.10. The molecule has 0 fully saturated rings. The summed E-state index contributed by atoms with van der Waals surface area (Å²) in [6.45, 7) is 4.31. The monoisotopic (exact) mass is 479 g/mol. The Balaban J connectivity index is 1.24. The van der Waals surface area contributed by atoms with Crippen LogP contribution in [0.2, 0.25) is 0 Å². The number of nitrogens with zero attached hydrogens (tertiary/aromatic N) is 3. The van der Waals surface area contributed by atoms with Crippen LogP contribution < -0.4 is 10.2 Å².